The molecule has 5 nitrogen and oxygen atoms in total. The van der Waals surface area contributed by atoms with Gasteiger partial charge in [0.25, 0.3) is 0 Å². The maximum Gasteiger partial charge on any atom is 0.301 e. The summed E-state index contributed by atoms with van der Waals surface area (Å²) in [7, 11) is 0. The summed E-state index contributed by atoms with van der Waals surface area (Å²) in [6.45, 7) is 2.88. The lowest BCUT2D eigenvalue weighted by Crippen LogP contribution is -2.31. The zero-order valence-electron chi connectivity index (χ0n) is 10.7. The van der Waals surface area contributed by atoms with Crippen LogP contribution in [0.4, 0.5) is 0 Å². The Hall–Kier alpha value is -1.85. The van der Waals surface area contributed by atoms with Crippen LogP contribution in [0.3, 0.4) is 0 Å². The fourth-order valence-electron chi connectivity index (χ4n) is 2.67. The van der Waals surface area contributed by atoms with Gasteiger partial charge in [-0.05, 0) is 32.0 Å². The highest BCUT2D eigenvalue weighted by Gasteiger charge is 2.22. The molecule has 2 aromatic rings. The van der Waals surface area contributed by atoms with E-state index in [0.29, 0.717) is 5.76 Å². The number of hydrogen-bond acceptors (Lipinski definition) is 4. The van der Waals surface area contributed by atoms with Crippen molar-refractivity contribution >= 4 is 16.9 Å². The summed E-state index contributed by atoms with van der Waals surface area (Å²) in [6.07, 6.45) is 2.43. The number of hydrogen-bond donors (Lipinski definition) is 2. The van der Waals surface area contributed by atoms with Crippen LogP contribution in [0, 0.1) is 0 Å². The van der Waals surface area contributed by atoms with E-state index >= 15 is 0 Å². The molecule has 1 aromatic heterocycles. The van der Waals surface area contributed by atoms with Crippen molar-refractivity contribution in [2.75, 3.05) is 13.1 Å². The number of carbonyl (C=O) groups is 1. The van der Waals surface area contributed by atoms with Crippen LogP contribution in [0.1, 0.15) is 29.0 Å². The highest BCUT2D eigenvalue weighted by Crippen LogP contribution is 2.28. The molecule has 3 rings (SSSR count). The maximum absolute atomic E-state index is 11.8. The first-order valence-electron chi connectivity index (χ1n) is 6.53. The van der Waals surface area contributed by atoms with Crippen molar-refractivity contribution < 1.29 is 9.21 Å². The number of amides is 1. The first-order chi connectivity index (χ1) is 9.29. The minimum atomic E-state index is -0.370. The second-order valence-electron chi connectivity index (χ2n) is 4.86. The van der Waals surface area contributed by atoms with Crippen molar-refractivity contribution in [2.24, 2.45) is 5.84 Å². The third-order valence-corrected chi connectivity index (χ3v) is 3.62. The van der Waals surface area contributed by atoms with Crippen LogP contribution in [0.2, 0.25) is 0 Å². The normalized spacial score (nSPS) is 16.1. The topological polar surface area (TPSA) is 71.5 Å². The minimum Gasteiger partial charge on any atom is -0.451 e. The van der Waals surface area contributed by atoms with Crippen LogP contribution < -0.4 is 11.3 Å². The number of nitrogens with zero attached hydrogens (tertiary/aromatic N) is 1. The molecule has 5 heteroatoms. The van der Waals surface area contributed by atoms with E-state index < -0.39 is 0 Å². The average Bonchev–Trinajstić information content (AvgIpc) is 3.07. The van der Waals surface area contributed by atoms with E-state index in [9.17, 15) is 4.79 Å². The van der Waals surface area contributed by atoms with Gasteiger partial charge in [0.1, 0.15) is 5.58 Å². The van der Waals surface area contributed by atoms with E-state index in [1.807, 2.05) is 24.3 Å². The summed E-state index contributed by atoms with van der Waals surface area (Å²) in [5, 5.41) is 0.994. The van der Waals surface area contributed by atoms with E-state index in [2.05, 4.69) is 10.3 Å². The summed E-state index contributed by atoms with van der Waals surface area (Å²) in [5.74, 6) is 5.19. The zero-order valence-corrected chi connectivity index (χ0v) is 10.7. The third kappa shape index (κ3) is 2.22. The average molecular weight is 259 g/mol. The van der Waals surface area contributed by atoms with Gasteiger partial charge in [-0.1, -0.05) is 18.2 Å². The highest BCUT2D eigenvalue weighted by atomic mass is 16.3. The van der Waals surface area contributed by atoms with Crippen molar-refractivity contribution in [3.8, 4) is 0 Å². The fraction of sp³-hybridized carbons (Fsp3) is 0.357. The lowest BCUT2D eigenvalue weighted by molar-refractivity contribution is 0.0925. The maximum atomic E-state index is 11.8. The summed E-state index contributed by atoms with van der Waals surface area (Å²) in [5.41, 5.74) is 3.82. The molecule has 3 N–H and O–H groups in total. The van der Waals surface area contributed by atoms with Crippen LogP contribution in [0.25, 0.3) is 11.0 Å². The van der Waals surface area contributed by atoms with Crippen LogP contribution in [-0.2, 0) is 6.54 Å². The Kier molecular flexibility index (Phi) is 3.23. The standard InChI is InChI=1S/C14H17N3O2/c15-16-14(18)13-11(9-17-7-3-4-8-17)10-5-1-2-6-12(10)19-13/h1-2,5-6H,3-4,7-9,15H2,(H,16,18). The van der Waals surface area contributed by atoms with E-state index in [1.54, 1.807) is 0 Å². The number of likely N-dealkylation sites (tertiary alicyclic amines) is 1. The Morgan fingerprint density at radius 1 is 1.32 bits per heavy atom. The van der Waals surface area contributed by atoms with Gasteiger partial charge in [-0.15, -0.1) is 0 Å². The van der Waals surface area contributed by atoms with E-state index in [1.165, 1.54) is 12.8 Å². The number of fused-ring (bicyclic) bond motifs is 1. The molecule has 1 aliphatic heterocycles. The Bertz CT molecular complexity index is 600. The number of hydrazine groups is 1. The largest absolute Gasteiger partial charge is 0.451 e. The molecule has 0 radical (unpaired) electrons. The zero-order chi connectivity index (χ0) is 13.2. The SMILES string of the molecule is NNC(=O)c1oc2ccccc2c1CN1CCCC1. The highest BCUT2D eigenvalue weighted by molar-refractivity contribution is 5.98. The van der Waals surface area contributed by atoms with Gasteiger partial charge in [-0.25, -0.2) is 5.84 Å². The molecule has 2 heterocycles. The Morgan fingerprint density at radius 2 is 2.05 bits per heavy atom. The predicted molar refractivity (Wildman–Crippen MR) is 72.4 cm³/mol. The summed E-state index contributed by atoms with van der Waals surface area (Å²) in [6, 6.07) is 7.71. The molecule has 19 heavy (non-hydrogen) atoms. The van der Waals surface area contributed by atoms with Crippen LogP contribution >= 0.6 is 0 Å². The van der Waals surface area contributed by atoms with Crippen molar-refractivity contribution in [3.63, 3.8) is 0 Å². The smallest absolute Gasteiger partial charge is 0.301 e. The number of nitrogens with one attached hydrogen (secondary N) is 1. The number of carbonyl (C=O) groups excluding carboxylic acids is 1. The molecule has 1 amide bonds. The quantitative estimate of drug-likeness (QED) is 0.499. The first-order valence-corrected chi connectivity index (χ1v) is 6.53. The van der Waals surface area contributed by atoms with Crippen LogP contribution in [0.5, 0.6) is 0 Å². The number of nitrogens with two attached hydrogens (primary N) is 1. The van der Waals surface area contributed by atoms with Crippen LogP contribution in [0.15, 0.2) is 28.7 Å². The molecule has 0 saturated carbocycles. The molecule has 0 unspecified atom stereocenters. The fourth-order valence-corrected chi connectivity index (χ4v) is 2.67. The number of benzene rings is 1. The molecule has 1 aliphatic rings. The summed E-state index contributed by atoms with van der Waals surface area (Å²) in [4.78, 5) is 14.2. The number of nitrogen functional groups attached to an aromatic ring is 1. The molecular formula is C14H17N3O2. The number of furan rings is 1. The number of rotatable bonds is 3. The molecular weight excluding hydrogens is 242 g/mol. The Labute approximate surface area is 111 Å². The summed E-state index contributed by atoms with van der Waals surface area (Å²) < 4.78 is 5.64. The number of para-hydroxylation sites is 1. The van der Waals surface area contributed by atoms with Crippen molar-refractivity contribution in [1.82, 2.24) is 10.3 Å². The second kappa shape index (κ2) is 5.03. The monoisotopic (exact) mass is 259 g/mol. The Morgan fingerprint density at radius 3 is 2.79 bits per heavy atom. The van der Waals surface area contributed by atoms with Crippen molar-refractivity contribution in [3.05, 3.63) is 35.6 Å². The molecule has 1 aromatic carbocycles. The van der Waals surface area contributed by atoms with Gasteiger partial charge < -0.3 is 4.42 Å². The molecule has 0 atom stereocenters. The van der Waals surface area contributed by atoms with Crippen molar-refractivity contribution in [2.45, 2.75) is 19.4 Å². The summed E-state index contributed by atoms with van der Waals surface area (Å²) >= 11 is 0. The van der Waals surface area contributed by atoms with Crippen molar-refractivity contribution in [1.29, 1.82) is 0 Å². The van der Waals surface area contributed by atoms with E-state index in [4.69, 9.17) is 10.3 Å². The minimum absolute atomic E-state index is 0.329. The lowest BCUT2D eigenvalue weighted by atomic mass is 10.1. The second-order valence-corrected chi connectivity index (χ2v) is 4.86. The lowest BCUT2D eigenvalue weighted by Gasteiger charge is -2.14. The van der Waals surface area contributed by atoms with Gasteiger partial charge in [0.05, 0.1) is 0 Å². The van der Waals surface area contributed by atoms with Gasteiger partial charge in [0, 0.05) is 17.5 Å². The van der Waals surface area contributed by atoms with E-state index in [-0.39, 0.29) is 5.91 Å². The third-order valence-electron chi connectivity index (χ3n) is 3.62. The Balaban J connectivity index is 2.04. The molecule has 1 fully saturated rings. The predicted octanol–water partition coefficient (Wildman–Crippen LogP) is 1.63. The first kappa shape index (κ1) is 12.2. The van der Waals surface area contributed by atoms with Gasteiger partial charge >= 0.3 is 5.91 Å². The van der Waals surface area contributed by atoms with Crippen LogP contribution in [-0.4, -0.2) is 23.9 Å². The molecule has 0 aliphatic carbocycles. The molecule has 0 bridgehead atoms. The van der Waals surface area contributed by atoms with Gasteiger partial charge in [0.2, 0.25) is 0 Å². The molecule has 1 saturated heterocycles. The molecule has 0 spiro atoms. The van der Waals surface area contributed by atoms with Gasteiger partial charge in [-0.3, -0.25) is 15.1 Å². The van der Waals surface area contributed by atoms with Gasteiger partial charge in [-0.2, -0.15) is 0 Å². The molecule has 100 valence electrons. The van der Waals surface area contributed by atoms with Gasteiger partial charge in [0.15, 0.2) is 5.76 Å². The van der Waals surface area contributed by atoms with E-state index in [0.717, 1.165) is 36.2 Å².